The summed E-state index contributed by atoms with van der Waals surface area (Å²) >= 11 is 0. The molecule has 2 heterocycles. The second kappa shape index (κ2) is 4.87. The van der Waals surface area contributed by atoms with Crippen molar-refractivity contribution in [1.29, 1.82) is 0 Å². The van der Waals surface area contributed by atoms with Gasteiger partial charge in [0.05, 0.1) is 16.7 Å². The largest absolute Gasteiger partial charge is 0.388 e. The molecule has 0 radical (unpaired) electrons. The van der Waals surface area contributed by atoms with Gasteiger partial charge in [0.1, 0.15) is 0 Å². The molecule has 1 aromatic carbocycles. The number of fused-ring (bicyclic) bond motifs is 1. The standard InChI is InChI=1S/C16H18N2O2/c1-16(20)8-4-10-18(11-16)15(19)13-7-2-5-12-6-3-9-17-14(12)13/h2-3,5-7,9,20H,4,8,10-11H2,1H3. The number of piperidine rings is 1. The van der Waals surface area contributed by atoms with Gasteiger partial charge in [-0.2, -0.15) is 0 Å². The molecule has 104 valence electrons. The van der Waals surface area contributed by atoms with E-state index in [0.717, 1.165) is 23.7 Å². The topological polar surface area (TPSA) is 53.4 Å². The van der Waals surface area contributed by atoms with E-state index >= 15 is 0 Å². The Kier molecular flexibility index (Phi) is 3.18. The van der Waals surface area contributed by atoms with Crippen LogP contribution < -0.4 is 0 Å². The van der Waals surface area contributed by atoms with Crippen molar-refractivity contribution in [2.24, 2.45) is 0 Å². The minimum atomic E-state index is -0.786. The van der Waals surface area contributed by atoms with Gasteiger partial charge in [0.25, 0.3) is 5.91 Å². The van der Waals surface area contributed by atoms with Crippen LogP contribution in [-0.2, 0) is 0 Å². The first-order valence-electron chi connectivity index (χ1n) is 6.92. The molecule has 3 rings (SSSR count). The number of aromatic nitrogens is 1. The third-order valence-electron chi connectivity index (χ3n) is 3.83. The summed E-state index contributed by atoms with van der Waals surface area (Å²) < 4.78 is 0. The first-order valence-corrected chi connectivity index (χ1v) is 6.92. The molecule has 0 bridgehead atoms. The van der Waals surface area contributed by atoms with Crippen LogP contribution in [0.5, 0.6) is 0 Å². The van der Waals surface area contributed by atoms with Gasteiger partial charge in [-0.15, -0.1) is 0 Å². The van der Waals surface area contributed by atoms with Gasteiger partial charge in [0.2, 0.25) is 0 Å². The van der Waals surface area contributed by atoms with E-state index in [-0.39, 0.29) is 5.91 Å². The number of rotatable bonds is 1. The van der Waals surface area contributed by atoms with E-state index in [4.69, 9.17) is 0 Å². The Hall–Kier alpha value is -1.94. The lowest BCUT2D eigenvalue weighted by Crippen LogP contribution is -2.48. The number of amides is 1. The number of likely N-dealkylation sites (tertiary alicyclic amines) is 1. The summed E-state index contributed by atoms with van der Waals surface area (Å²) in [5, 5.41) is 11.1. The van der Waals surface area contributed by atoms with Crippen LogP contribution in [0.1, 0.15) is 30.1 Å². The number of β-amino-alcohol motifs (C(OH)–C–C–N with tert-alkyl or cyclic N) is 1. The lowest BCUT2D eigenvalue weighted by Gasteiger charge is -2.36. The van der Waals surface area contributed by atoms with Gasteiger partial charge < -0.3 is 10.0 Å². The maximum absolute atomic E-state index is 12.7. The van der Waals surface area contributed by atoms with Crippen LogP contribution in [0.4, 0.5) is 0 Å². The Morgan fingerprint density at radius 2 is 2.15 bits per heavy atom. The zero-order valence-corrected chi connectivity index (χ0v) is 11.5. The van der Waals surface area contributed by atoms with Gasteiger partial charge in [-0.3, -0.25) is 9.78 Å². The van der Waals surface area contributed by atoms with Crippen molar-refractivity contribution in [2.45, 2.75) is 25.4 Å². The molecule has 1 aliphatic rings. The van der Waals surface area contributed by atoms with Gasteiger partial charge in [-0.05, 0) is 31.9 Å². The highest BCUT2D eigenvalue weighted by Gasteiger charge is 2.31. The van der Waals surface area contributed by atoms with E-state index in [1.807, 2.05) is 24.3 Å². The molecule has 4 heteroatoms. The maximum Gasteiger partial charge on any atom is 0.256 e. The third-order valence-corrected chi connectivity index (χ3v) is 3.83. The molecular formula is C16H18N2O2. The summed E-state index contributed by atoms with van der Waals surface area (Å²) in [7, 11) is 0. The lowest BCUT2D eigenvalue weighted by atomic mass is 9.94. The quantitative estimate of drug-likeness (QED) is 0.864. The van der Waals surface area contributed by atoms with Crippen molar-refractivity contribution >= 4 is 16.8 Å². The Labute approximate surface area is 118 Å². The number of nitrogens with zero attached hydrogens (tertiary/aromatic N) is 2. The minimum Gasteiger partial charge on any atom is -0.388 e. The summed E-state index contributed by atoms with van der Waals surface area (Å²) in [5.74, 6) is -0.0470. The highest BCUT2D eigenvalue weighted by molar-refractivity contribution is 6.05. The molecule has 1 N–H and O–H groups in total. The van der Waals surface area contributed by atoms with Crippen molar-refractivity contribution in [1.82, 2.24) is 9.88 Å². The van der Waals surface area contributed by atoms with Gasteiger partial charge in [-0.1, -0.05) is 18.2 Å². The Morgan fingerprint density at radius 1 is 1.35 bits per heavy atom. The maximum atomic E-state index is 12.7. The summed E-state index contributed by atoms with van der Waals surface area (Å²) in [4.78, 5) is 18.7. The third kappa shape index (κ3) is 2.39. The zero-order valence-electron chi connectivity index (χ0n) is 11.5. The van der Waals surface area contributed by atoms with Crippen molar-refractivity contribution in [3.8, 4) is 0 Å². The molecule has 1 aliphatic heterocycles. The number of para-hydroxylation sites is 1. The molecule has 1 atom stereocenters. The summed E-state index contributed by atoms with van der Waals surface area (Å²) in [6, 6.07) is 9.44. The fraction of sp³-hybridized carbons (Fsp3) is 0.375. The van der Waals surface area contributed by atoms with Gasteiger partial charge >= 0.3 is 0 Å². The predicted molar refractivity (Wildman–Crippen MR) is 77.5 cm³/mol. The lowest BCUT2D eigenvalue weighted by molar-refractivity contribution is -0.0106. The molecule has 1 unspecified atom stereocenters. The molecule has 20 heavy (non-hydrogen) atoms. The van der Waals surface area contributed by atoms with E-state index in [9.17, 15) is 9.90 Å². The van der Waals surface area contributed by atoms with Crippen LogP contribution in [0.2, 0.25) is 0 Å². The summed E-state index contributed by atoms with van der Waals surface area (Å²) in [6.07, 6.45) is 3.27. The van der Waals surface area contributed by atoms with E-state index in [0.29, 0.717) is 18.7 Å². The van der Waals surface area contributed by atoms with Crippen molar-refractivity contribution in [3.63, 3.8) is 0 Å². The average Bonchev–Trinajstić information content (AvgIpc) is 2.45. The molecule has 1 fully saturated rings. The SMILES string of the molecule is CC1(O)CCCN(C(=O)c2cccc3cccnc23)C1. The summed E-state index contributed by atoms with van der Waals surface area (Å²) in [5.41, 5.74) is 0.553. The Balaban J connectivity index is 1.97. The molecule has 0 aliphatic carbocycles. The average molecular weight is 270 g/mol. The number of aliphatic hydroxyl groups is 1. The highest BCUT2D eigenvalue weighted by Crippen LogP contribution is 2.24. The molecule has 1 amide bonds. The number of carbonyl (C=O) groups is 1. The predicted octanol–water partition coefficient (Wildman–Crippen LogP) is 2.22. The minimum absolute atomic E-state index is 0.0470. The highest BCUT2D eigenvalue weighted by atomic mass is 16.3. The van der Waals surface area contributed by atoms with Crippen LogP contribution in [0, 0.1) is 0 Å². The van der Waals surface area contributed by atoms with Gasteiger partial charge in [0, 0.05) is 24.7 Å². The smallest absolute Gasteiger partial charge is 0.256 e. The second-order valence-corrected chi connectivity index (χ2v) is 5.71. The van der Waals surface area contributed by atoms with Crippen molar-refractivity contribution < 1.29 is 9.90 Å². The Morgan fingerprint density at radius 3 is 2.95 bits per heavy atom. The molecule has 1 saturated heterocycles. The molecule has 4 nitrogen and oxygen atoms in total. The van der Waals surface area contributed by atoms with E-state index in [1.165, 1.54) is 0 Å². The second-order valence-electron chi connectivity index (χ2n) is 5.71. The number of pyridine rings is 1. The number of benzene rings is 1. The van der Waals surface area contributed by atoms with E-state index in [2.05, 4.69) is 4.98 Å². The van der Waals surface area contributed by atoms with Crippen LogP contribution in [0.25, 0.3) is 10.9 Å². The van der Waals surface area contributed by atoms with Crippen LogP contribution in [0.15, 0.2) is 36.5 Å². The van der Waals surface area contributed by atoms with Gasteiger partial charge in [-0.25, -0.2) is 0 Å². The monoisotopic (exact) mass is 270 g/mol. The van der Waals surface area contributed by atoms with Gasteiger partial charge in [0.15, 0.2) is 0 Å². The van der Waals surface area contributed by atoms with Crippen LogP contribution in [0.3, 0.4) is 0 Å². The zero-order chi connectivity index (χ0) is 14.2. The molecule has 2 aromatic rings. The number of hydrogen-bond donors (Lipinski definition) is 1. The first-order chi connectivity index (χ1) is 9.57. The number of carbonyl (C=O) groups excluding carboxylic acids is 1. The fourth-order valence-corrected chi connectivity index (χ4v) is 2.84. The summed E-state index contributed by atoms with van der Waals surface area (Å²) in [6.45, 7) is 2.86. The van der Waals surface area contributed by atoms with Crippen LogP contribution in [-0.4, -0.2) is 39.6 Å². The molecule has 0 saturated carbocycles. The fourth-order valence-electron chi connectivity index (χ4n) is 2.84. The molecular weight excluding hydrogens is 252 g/mol. The number of hydrogen-bond acceptors (Lipinski definition) is 3. The van der Waals surface area contributed by atoms with E-state index < -0.39 is 5.60 Å². The molecule has 0 spiro atoms. The first kappa shape index (κ1) is 13.1. The Bertz CT molecular complexity index is 646. The molecule has 1 aromatic heterocycles. The van der Waals surface area contributed by atoms with Crippen LogP contribution >= 0.6 is 0 Å². The normalized spacial score (nSPS) is 23.0. The van der Waals surface area contributed by atoms with E-state index in [1.54, 1.807) is 24.1 Å². The van der Waals surface area contributed by atoms with Crippen molar-refractivity contribution in [2.75, 3.05) is 13.1 Å². The van der Waals surface area contributed by atoms with Crippen molar-refractivity contribution in [3.05, 3.63) is 42.1 Å².